The number of pyridine rings is 1. The van der Waals surface area contributed by atoms with Crippen LogP contribution in [0.1, 0.15) is 61.8 Å². The first-order chi connectivity index (χ1) is 15.5. The molecule has 0 fully saturated rings. The van der Waals surface area contributed by atoms with Gasteiger partial charge < -0.3 is 15.7 Å². The number of carboxylic acid groups (broad SMARTS) is 1. The lowest BCUT2D eigenvalue weighted by Crippen LogP contribution is -2.30. The lowest BCUT2D eigenvalue weighted by Gasteiger charge is -2.22. The van der Waals surface area contributed by atoms with Gasteiger partial charge in [0.15, 0.2) is 5.65 Å². The van der Waals surface area contributed by atoms with Crippen LogP contribution in [0.4, 0.5) is 11.5 Å². The minimum atomic E-state index is -1.14. The summed E-state index contributed by atoms with van der Waals surface area (Å²) in [5.74, 6) is -0.875. The number of benzene rings is 1. The smallest absolute Gasteiger partial charge is 0.305 e. The highest BCUT2D eigenvalue weighted by atomic mass is 16.6. The van der Waals surface area contributed by atoms with E-state index in [0.717, 1.165) is 11.5 Å². The first-order valence-electron chi connectivity index (χ1n) is 10.5. The molecule has 0 radical (unpaired) electrons. The molecule has 0 aliphatic carbocycles. The third kappa shape index (κ3) is 5.46. The molecule has 10 heteroatoms. The van der Waals surface area contributed by atoms with Crippen LogP contribution in [0.15, 0.2) is 42.6 Å². The number of carbonyl (C=O) groups is 2. The van der Waals surface area contributed by atoms with Gasteiger partial charge in [-0.2, -0.15) is 0 Å². The molecule has 3 rings (SSSR count). The van der Waals surface area contributed by atoms with Crippen molar-refractivity contribution in [2.24, 2.45) is 0 Å². The number of carboxylic acids is 1. The predicted molar refractivity (Wildman–Crippen MR) is 124 cm³/mol. The van der Waals surface area contributed by atoms with Gasteiger partial charge in [-0.1, -0.05) is 19.1 Å². The van der Waals surface area contributed by atoms with E-state index in [1.165, 1.54) is 18.2 Å². The molecule has 3 aromatic rings. The van der Waals surface area contributed by atoms with Crippen molar-refractivity contribution in [1.29, 1.82) is 0 Å². The van der Waals surface area contributed by atoms with Gasteiger partial charge in [-0.15, -0.1) is 0 Å². The standard InChI is InChI=1S/C23H27N5O5/c1-5-17-21(26-23(2,3)4)27-11-7-10-16(20(27)24-17)22(31)25-18(13-19(29)30)14-8-6-9-15(12-14)28(32)33/h6-12,18,26H,5,13H2,1-4H3,(H,25,31)(H,29,30). The van der Waals surface area contributed by atoms with Crippen molar-refractivity contribution >= 4 is 29.0 Å². The molecule has 2 aromatic heterocycles. The SMILES string of the molecule is CCc1nc2c(C(=O)NC(CC(=O)O)c3cccc([N+](=O)[O-])c3)cccn2c1NC(C)(C)C. The van der Waals surface area contributed by atoms with Gasteiger partial charge in [-0.05, 0) is 44.9 Å². The second-order valence-electron chi connectivity index (χ2n) is 8.73. The van der Waals surface area contributed by atoms with E-state index in [4.69, 9.17) is 0 Å². The Labute approximate surface area is 190 Å². The molecule has 0 bridgehead atoms. The van der Waals surface area contributed by atoms with Crippen LogP contribution in [-0.4, -0.2) is 36.8 Å². The normalized spacial score (nSPS) is 12.4. The molecule has 1 aromatic carbocycles. The molecule has 0 aliphatic rings. The van der Waals surface area contributed by atoms with E-state index in [1.54, 1.807) is 22.6 Å². The van der Waals surface area contributed by atoms with Gasteiger partial charge in [-0.3, -0.25) is 24.1 Å². The van der Waals surface area contributed by atoms with Crippen molar-refractivity contribution in [2.75, 3.05) is 5.32 Å². The van der Waals surface area contributed by atoms with Crippen LogP contribution in [0, 0.1) is 10.1 Å². The largest absolute Gasteiger partial charge is 0.481 e. The zero-order valence-corrected chi connectivity index (χ0v) is 19.0. The summed E-state index contributed by atoms with van der Waals surface area (Å²) in [5, 5.41) is 26.6. The number of nitrogens with one attached hydrogen (secondary N) is 2. The van der Waals surface area contributed by atoms with Crippen LogP contribution >= 0.6 is 0 Å². The highest BCUT2D eigenvalue weighted by molar-refractivity contribution is 6.00. The molecule has 3 N–H and O–H groups in total. The van der Waals surface area contributed by atoms with Gasteiger partial charge in [0.2, 0.25) is 0 Å². The van der Waals surface area contributed by atoms with Crippen LogP contribution < -0.4 is 10.6 Å². The number of nitrogens with zero attached hydrogens (tertiary/aromatic N) is 3. The third-order valence-electron chi connectivity index (χ3n) is 4.96. The number of non-ortho nitro benzene ring substituents is 1. The Kier molecular flexibility index (Phi) is 6.66. The first-order valence-corrected chi connectivity index (χ1v) is 10.5. The summed E-state index contributed by atoms with van der Waals surface area (Å²) in [6.45, 7) is 8.05. The first kappa shape index (κ1) is 23.7. The number of nitro groups is 1. The number of amides is 1. The van der Waals surface area contributed by atoms with E-state index in [2.05, 4.69) is 15.6 Å². The second-order valence-corrected chi connectivity index (χ2v) is 8.73. The Morgan fingerprint density at radius 1 is 1.24 bits per heavy atom. The van der Waals surface area contributed by atoms with Gasteiger partial charge in [0, 0.05) is 23.9 Å². The van der Waals surface area contributed by atoms with E-state index in [9.17, 15) is 24.8 Å². The molecule has 2 heterocycles. The summed E-state index contributed by atoms with van der Waals surface area (Å²) in [5.41, 5.74) is 1.43. The monoisotopic (exact) mass is 453 g/mol. The van der Waals surface area contributed by atoms with E-state index in [0.29, 0.717) is 17.6 Å². The summed E-state index contributed by atoms with van der Waals surface area (Å²) in [4.78, 5) is 39.9. The molecule has 0 saturated carbocycles. The number of hydrogen-bond acceptors (Lipinski definition) is 6. The van der Waals surface area contributed by atoms with E-state index >= 15 is 0 Å². The fourth-order valence-corrected chi connectivity index (χ4v) is 3.54. The molecule has 0 spiro atoms. The number of fused-ring (bicyclic) bond motifs is 1. The third-order valence-corrected chi connectivity index (χ3v) is 4.96. The topological polar surface area (TPSA) is 139 Å². The molecule has 33 heavy (non-hydrogen) atoms. The molecule has 174 valence electrons. The number of nitro benzene ring substituents is 1. The molecule has 0 aliphatic heterocycles. The molecule has 10 nitrogen and oxygen atoms in total. The van der Waals surface area contributed by atoms with Gasteiger partial charge in [0.25, 0.3) is 11.6 Å². The zero-order chi connectivity index (χ0) is 24.3. The number of aliphatic carboxylic acids is 1. The van der Waals surface area contributed by atoms with Crippen LogP contribution in [0.5, 0.6) is 0 Å². The van der Waals surface area contributed by atoms with Crippen molar-refractivity contribution in [3.8, 4) is 0 Å². The Morgan fingerprint density at radius 3 is 2.58 bits per heavy atom. The summed E-state index contributed by atoms with van der Waals surface area (Å²) in [7, 11) is 0. The number of aryl methyl sites for hydroxylation is 1. The second kappa shape index (κ2) is 9.27. The van der Waals surface area contributed by atoms with Crippen LogP contribution in [0.25, 0.3) is 5.65 Å². The maximum atomic E-state index is 13.2. The highest BCUT2D eigenvalue weighted by Gasteiger charge is 2.24. The fraction of sp³-hybridized carbons (Fsp3) is 0.348. The van der Waals surface area contributed by atoms with E-state index in [1.807, 2.05) is 33.9 Å². The summed E-state index contributed by atoms with van der Waals surface area (Å²) in [6.07, 6.45) is 2.03. The summed E-state index contributed by atoms with van der Waals surface area (Å²) in [6, 6.07) is 7.97. The van der Waals surface area contributed by atoms with Gasteiger partial charge in [-0.25, -0.2) is 4.98 Å². The number of rotatable bonds is 8. The molecule has 1 atom stereocenters. The quantitative estimate of drug-likeness (QED) is 0.346. The molecule has 1 amide bonds. The highest BCUT2D eigenvalue weighted by Crippen LogP contribution is 2.26. The minimum Gasteiger partial charge on any atom is -0.481 e. The van der Waals surface area contributed by atoms with E-state index in [-0.39, 0.29) is 16.8 Å². The number of imidazole rings is 1. The van der Waals surface area contributed by atoms with Crippen LogP contribution in [-0.2, 0) is 11.2 Å². The summed E-state index contributed by atoms with van der Waals surface area (Å²) >= 11 is 0. The predicted octanol–water partition coefficient (Wildman–Crippen LogP) is 3.96. The molecule has 0 saturated heterocycles. The van der Waals surface area contributed by atoms with Crippen LogP contribution in [0.3, 0.4) is 0 Å². The Hall–Kier alpha value is -3.95. The van der Waals surface area contributed by atoms with Gasteiger partial charge in [0.05, 0.1) is 28.6 Å². The maximum absolute atomic E-state index is 13.2. The van der Waals surface area contributed by atoms with Crippen molar-refractivity contribution < 1.29 is 19.6 Å². The number of carbonyl (C=O) groups excluding carboxylic acids is 1. The summed E-state index contributed by atoms with van der Waals surface area (Å²) < 4.78 is 1.80. The van der Waals surface area contributed by atoms with Gasteiger partial charge in [0.1, 0.15) is 5.82 Å². The fourth-order valence-electron chi connectivity index (χ4n) is 3.54. The minimum absolute atomic E-state index is 0.182. The number of aromatic nitrogens is 2. The average Bonchev–Trinajstić information content (AvgIpc) is 3.09. The Morgan fingerprint density at radius 2 is 1.97 bits per heavy atom. The maximum Gasteiger partial charge on any atom is 0.305 e. The molecule has 1 unspecified atom stereocenters. The Bertz CT molecular complexity index is 1210. The molecular formula is C23H27N5O5. The zero-order valence-electron chi connectivity index (χ0n) is 19.0. The van der Waals surface area contributed by atoms with Crippen molar-refractivity contribution in [3.05, 3.63) is 69.5 Å². The number of anilines is 1. The lowest BCUT2D eigenvalue weighted by molar-refractivity contribution is -0.384. The van der Waals surface area contributed by atoms with Crippen LogP contribution in [0.2, 0.25) is 0 Å². The average molecular weight is 453 g/mol. The van der Waals surface area contributed by atoms with Crippen molar-refractivity contribution in [1.82, 2.24) is 14.7 Å². The lowest BCUT2D eigenvalue weighted by atomic mass is 10.0. The molecular weight excluding hydrogens is 426 g/mol. The van der Waals surface area contributed by atoms with Crippen molar-refractivity contribution in [2.45, 2.75) is 52.1 Å². The van der Waals surface area contributed by atoms with Gasteiger partial charge >= 0.3 is 5.97 Å². The Balaban J connectivity index is 2.01. The van der Waals surface area contributed by atoms with E-state index < -0.39 is 29.3 Å². The number of hydrogen-bond donors (Lipinski definition) is 3. The van der Waals surface area contributed by atoms with Crippen molar-refractivity contribution in [3.63, 3.8) is 0 Å².